The van der Waals surface area contributed by atoms with Crippen LogP contribution in [0.4, 0.5) is 0 Å². The Morgan fingerprint density at radius 1 is 0.952 bits per heavy atom. The van der Waals surface area contributed by atoms with E-state index < -0.39 is 0 Å². The highest BCUT2D eigenvalue weighted by molar-refractivity contribution is 7.98. The number of imidazole rings is 1. The van der Waals surface area contributed by atoms with Crippen LogP contribution in [0.1, 0.15) is 5.56 Å². The van der Waals surface area contributed by atoms with Gasteiger partial charge < -0.3 is 4.98 Å². The Kier molecular flexibility index (Phi) is 3.05. The average Bonchev–Trinajstić information content (AvgIpc) is 2.99. The van der Waals surface area contributed by atoms with Gasteiger partial charge in [0.15, 0.2) is 0 Å². The molecule has 4 rings (SSSR count). The SMILES string of the molecule is c1ccc(CSc2ncnc3cc4nc[nH]c4cc23)cc1. The number of aromatic amines is 1. The number of hydrogen-bond acceptors (Lipinski definition) is 4. The van der Waals surface area contributed by atoms with Crippen molar-refractivity contribution >= 4 is 33.7 Å². The first-order valence-corrected chi connectivity index (χ1v) is 7.63. The normalized spacial score (nSPS) is 11.2. The molecular weight excluding hydrogens is 280 g/mol. The molecule has 102 valence electrons. The van der Waals surface area contributed by atoms with Crippen molar-refractivity contribution in [2.24, 2.45) is 0 Å². The molecule has 4 aromatic rings. The lowest BCUT2D eigenvalue weighted by Crippen LogP contribution is -1.88. The fourth-order valence-corrected chi connectivity index (χ4v) is 3.24. The number of nitrogens with zero attached hydrogens (tertiary/aromatic N) is 3. The minimum atomic E-state index is 0.897. The zero-order chi connectivity index (χ0) is 14.1. The van der Waals surface area contributed by atoms with E-state index in [2.05, 4.69) is 50.3 Å². The van der Waals surface area contributed by atoms with Crippen LogP contribution in [0.5, 0.6) is 0 Å². The van der Waals surface area contributed by atoms with E-state index in [0.29, 0.717) is 0 Å². The number of H-pyrrole nitrogens is 1. The summed E-state index contributed by atoms with van der Waals surface area (Å²) in [4.78, 5) is 16.2. The van der Waals surface area contributed by atoms with Crippen molar-refractivity contribution < 1.29 is 0 Å². The quantitative estimate of drug-likeness (QED) is 0.461. The van der Waals surface area contributed by atoms with E-state index in [0.717, 1.165) is 32.7 Å². The molecule has 2 heterocycles. The number of hydrogen-bond donors (Lipinski definition) is 1. The predicted octanol–water partition coefficient (Wildman–Crippen LogP) is 3.80. The molecule has 2 aromatic carbocycles. The van der Waals surface area contributed by atoms with Crippen molar-refractivity contribution in [1.29, 1.82) is 0 Å². The van der Waals surface area contributed by atoms with E-state index in [1.54, 1.807) is 24.4 Å². The highest BCUT2D eigenvalue weighted by Crippen LogP contribution is 2.29. The lowest BCUT2D eigenvalue weighted by Gasteiger charge is -2.05. The molecule has 21 heavy (non-hydrogen) atoms. The fraction of sp³-hybridized carbons (Fsp3) is 0.0625. The standard InChI is InChI=1S/C16H12N4S/c1-2-4-11(5-3-1)8-21-16-12-6-14-15(19-9-18-14)7-13(12)17-10-20-16/h1-7,9-10H,8H2,(H,18,19). The third-order valence-corrected chi connectivity index (χ3v) is 4.43. The van der Waals surface area contributed by atoms with Crippen LogP contribution in [-0.2, 0) is 5.75 Å². The van der Waals surface area contributed by atoms with Crippen molar-refractivity contribution in [1.82, 2.24) is 19.9 Å². The van der Waals surface area contributed by atoms with E-state index in [4.69, 9.17) is 0 Å². The minimum absolute atomic E-state index is 0.897. The lowest BCUT2D eigenvalue weighted by atomic mass is 10.2. The molecule has 0 radical (unpaired) electrons. The maximum Gasteiger partial charge on any atom is 0.117 e. The van der Waals surface area contributed by atoms with Crippen LogP contribution in [0.3, 0.4) is 0 Å². The second-order valence-corrected chi connectivity index (χ2v) is 5.71. The third kappa shape index (κ3) is 2.36. The summed E-state index contributed by atoms with van der Waals surface area (Å²) in [5.41, 5.74) is 4.16. The van der Waals surface area contributed by atoms with Gasteiger partial charge in [0.05, 0.1) is 22.9 Å². The van der Waals surface area contributed by atoms with Gasteiger partial charge in [0.1, 0.15) is 11.4 Å². The largest absolute Gasteiger partial charge is 0.345 e. The number of benzene rings is 2. The van der Waals surface area contributed by atoms with Gasteiger partial charge in [-0.05, 0) is 17.7 Å². The molecule has 0 spiro atoms. The topological polar surface area (TPSA) is 54.5 Å². The molecule has 0 fully saturated rings. The Morgan fingerprint density at radius 3 is 2.76 bits per heavy atom. The van der Waals surface area contributed by atoms with E-state index in [-0.39, 0.29) is 0 Å². The maximum absolute atomic E-state index is 4.43. The van der Waals surface area contributed by atoms with Gasteiger partial charge in [-0.15, -0.1) is 11.8 Å². The van der Waals surface area contributed by atoms with Gasteiger partial charge in [0, 0.05) is 11.1 Å². The zero-order valence-corrected chi connectivity index (χ0v) is 12.0. The summed E-state index contributed by atoms with van der Waals surface area (Å²) in [5.74, 6) is 0.897. The molecule has 0 unspecified atom stereocenters. The molecule has 0 amide bonds. The third-order valence-electron chi connectivity index (χ3n) is 3.36. The highest BCUT2D eigenvalue weighted by Gasteiger charge is 2.07. The van der Waals surface area contributed by atoms with Crippen LogP contribution in [0, 0.1) is 0 Å². The Morgan fingerprint density at radius 2 is 1.86 bits per heavy atom. The highest BCUT2D eigenvalue weighted by atomic mass is 32.2. The first-order valence-electron chi connectivity index (χ1n) is 6.65. The van der Waals surface area contributed by atoms with Gasteiger partial charge >= 0.3 is 0 Å². The second kappa shape index (κ2) is 5.18. The van der Waals surface area contributed by atoms with Crippen molar-refractivity contribution in [2.75, 3.05) is 0 Å². The molecule has 0 saturated carbocycles. The van der Waals surface area contributed by atoms with E-state index in [1.807, 2.05) is 12.1 Å². The monoisotopic (exact) mass is 292 g/mol. The van der Waals surface area contributed by atoms with Crippen LogP contribution in [0.15, 0.2) is 60.1 Å². The molecule has 2 aromatic heterocycles. The Hall–Kier alpha value is -2.40. The van der Waals surface area contributed by atoms with Crippen LogP contribution >= 0.6 is 11.8 Å². The number of thioether (sulfide) groups is 1. The zero-order valence-electron chi connectivity index (χ0n) is 11.2. The summed E-state index contributed by atoms with van der Waals surface area (Å²) in [6.07, 6.45) is 3.32. The van der Waals surface area contributed by atoms with E-state index in [1.165, 1.54) is 5.56 Å². The van der Waals surface area contributed by atoms with Crippen LogP contribution in [0.2, 0.25) is 0 Å². The van der Waals surface area contributed by atoms with Gasteiger partial charge in [-0.3, -0.25) is 0 Å². The molecule has 0 saturated heterocycles. The molecule has 0 aliphatic rings. The molecule has 4 nitrogen and oxygen atoms in total. The summed E-state index contributed by atoms with van der Waals surface area (Å²) in [6.45, 7) is 0. The summed E-state index contributed by atoms with van der Waals surface area (Å²) in [5, 5.41) is 2.07. The molecule has 1 N–H and O–H groups in total. The smallest absolute Gasteiger partial charge is 0.117 e. The summed E-state index contributed by atoms with van der Waals surface area (Å²) < 4.78 is 0. The fourth-order valence-electron chi connectivity index (χ4n) is 2.30. The molecule has 0 aliphatic carbocycles. The summed E-state index contributed by atoms with van der Waals surface area (Å²) in [6, 6.07) is 14.5. The van der Waals surface area contributed by atoms with E-state index >= 15 is 0 Å². The number of aromatic nitrogens is 4. The Bertz CT molecular complexity index is 902. The summed E-state index contributed by atoms with van der Waals surface area (Å²) in [7, 11) is 0. The van der Waals surface area contributed by atoms with Gasteiger partial charge in [-0.2, -0.15) is 0 Å². The first-order chi connectivity index (χ1) is 10.4. The maximum atomic E-state index is 4.43. The van der Waals surface area contributed by atoms with Gasteiger partial charge in [-0.25, -0.2) is 15.0 Å². The van der Waals surface area contributed by atoms with E-state index in [9.17, 15) is 0 Å². The Balaban J connectivity index is 1.74. The second-order valence-electron chi connectivity index (χ2n) is 4.74. The average molecular weight is 292 g/mol. The van der Waals surface area contributed by atoms with Crippen molar-refractivity contribution in [3.05, 3.63) is 60.7 Å². The Labute approximate surface area is 125 Å². The van der Waals surface area contributed by atoms with Crippen molar-refractivity contribution in [2.45, 2.75) is 10.8 Å². The van der Waals surface area contributed by atoms with Crippen LogP contribution in [0.25, 0.3) is 21.9 Å². The number of nitrogens with one attached hydrogen (secondary N) is 1. The van der Waals surface area contributed by atoms with Gasteiger partial charge in [0.25, 0.3) is 0 Å². The van der Waals surface area contributed by atoms with Gasteiger partial charge in [0.2, 0.25) is 0 Å². The molecule has 5 heteroatoms. The first kappa shape index (κ1) is 12.3. The van der Waals surface area contributed by atoms with Crippen LogP contribution in [-0.4, -0.2) is 19.9 Å². The summed E-state index contributed by atoms with van der Waals surface area (Å²) >= 11 is 1.73. The van der Waals surface area contributed by atoms with Crippen molar-refractivity contribution in [3.8, 4) is 0 Å². The molecule has 0 aliphatic heterocycles. The van der Waals surface area contributed by atoms with Crippen molar-refractivity contribution in [3.63, 3.8) is 0 Å². The molecule has 0 bridgehead atoms. The lowest BCUT2D eigenvalue weighted by molar-refractivity contribution is 1.10. The minimum Gasteiger partial charge on any atom is -0.345 e. The van der Waals surface area contributed by atoms with Crippen LogP contribution < -0.4 is 0 Å². The number of fused-ring (bicyclic) bond motifs is 2. The molecular formula is C16H12N4S. The molecule has 0 atom stereocenters. The van der Waals surface area contributed by atoms with Gasteiger partial charge in [-0.1, -0.05) is 30.3 Å². The predicted molar refractivity (Wildman–Crippen MR) is 85.2 cm³/mol. The number of rotatable bonds is 3.